The second-order valence-corrected chi connectivity index (χ2v) is 11.9. The molecule has 2 fully saturated rings. The predicted octanol–water partition coefficient (Wildman–Crippen LogP) is 3.60. The van der Waals surface area contributed by atoms with E-state index < -0.39 is 14.8 Å². The summed E-state index contributed by atoms with van der Waals surface area (Å²) < 4.78 is 26.2. The molecule has 1 aromatic heterocycles. The van der Waals surface area contributed by atoms with Crippen molar-refractivity contribution in [1.82, 2.24) is 14.6 Å². The van der Waals surface area contributed by atoms with Crippen LogP contribution in [0, 0.1) is 6.92 Å². The number of nitrogens with zero attached hydrogens (tertiary/aromatic N) is 2. The quantitative estimate of drug-likeness (QED) is 0.849. The van der Waals surface area contributed by atoms with Crippen LogP contribution in [-0.4, -0.2) is 47.6 Å². The van der Waals surface area contributed by atoms with Gasteiger partial charge < -0.3 is 5.32 Å². The smallest absolute Gasteiger partial charge is 0.219 e. The van der Waals surface area contributed by atoms with E-state index in [4.69, 9.17) is 0 Å². The Kier molecular flexibility index (Phi) is 6.28. The molecule has 1 aromatic rings. The second-order valence-electron chi connectivity index (χ2n) is 9.22. The Morgan fingerprint density at radius 2 is 1.81 bits per heavy atom. The van der Waals surface area contributed by atoms with Crippen LogP contribution in [0.25, 0.3) is 0 Å². The molecular formula is C21H35N3O2S. The van der Waals surface area contributed by atoms with Gasteiger partial charge in [-0.25, -0.2) is 12.7 Å². The highest BCUT2D eigenvalue weighted by Crippen LogP contribution is 2.34. The molecule has 0 radical (unpaired) electrons. The second kappa shape index (κ2) is 8.18. The third-order valence-corrected chi connectivity index (χ3v) is 8.74. The zero-order chi connectivity index (χ0) is 19.7. The number of pyridine rings is 1. The van der Waals surface area contributed by atoms with Crippen LogP contribution >= 0.6 is 0 Å². The number of sulfonamides is 1. The predicted molar refractivity (Wildman–Crippen MR) is 110 cm³/mol. The molecule has 0 bridgehead atoms. The molecule has 1 saturated carbocycles. The molecule has 1 N–H and O–H groups in total. The molecule has 2 aliphatic rings. The standard InChI is InChI=1S/C21H35N3O2S/c1-16-7-6-12-22-20(16)17-8-5-9-19(15-17)23-18-10-13-24(14-11-18)27(25,26)21(2,3)4/h6-7,12,17-19,23H,5,8-11,13-15H2,1-4H3. The van der Waals surface area contributed by atoms with Crippen LogP contribution in [0.1, 0.15) is 76.5 Å². The molecular weight excluding hydrogens is 358 g/mol. The van der Waals surface area contributed by atoms with E-state index in [0.29, 0.717) is 31.1 Å². The van der Waals surface area contributed by atoms with Crippen molar-refractivity contribution in [3.8, 4) is 0 Å². The molecule has 2 heterocycles. The van der Waals surface area contributed by atoms with E-state index in [1.54, 1.807) is 25.1 Å². The molecule has 0 spiro atoms. The van der Waals surface area contributed by atoms with Crippen molar-refractivity contribution in [2.75, 3.05) is 13.1 Å². The Labute approximate surface area is 165 Å². The first kappa shape index (κ1) is 20.7. The number of rotatable bonds is 4. The summed E-state index contributed by atoms with van der Waals surface area (Å²) in [5, 5.41) is 3.84. The van der Waals surface area contributed by atoms with Crippen LogP contribution in [0.5, 0.6) is 0 Å². The van der Waals surface area contributed by atoms with Crippen molar-refractivity contribution in [1.29, 1.82) is 0 Å². The maximum absolute atomic E-state index is 12.6. The average Bonchev–Trinajstić information content (AvgIpc) is 2.62. The molecule has 1 aliphatic carbocycles. The van der Waals surface area contributed by atoms with Crippen LogP contribution in [-0.2, 0) is 10.0 Å². The number of hydrogen-bond donors (Lipinski definition) is 1. The maximum Gasteiger partial charge on any atom is 0.219 e. The Morgan fingerprint density at radius 3 is 2.44 bits per heavy atom. The molecule has 27 heavy (non-hydrogen) atoms. The van der Waals surface area contributed by atoms with E-state index in [0.717, 1.165) is 19.3 Å². The number of hydrogen-bond acceptors (Lipinski definition) is 4. The summed E-state index contributed by atoms with van der Waals surface area (Å²) in [5.41, 5.74) is 2.55. The molecule has 2 atom stereocenters. The molecule has 0 amide bonds. The molecule has 5 nitrogen and oxygen atoms in total. The van der Waals surface area contributed by atoms with Crippen molar-refractivity contribution in [3.05, 3.63) is 29.6 Å². The van der Waals surface area contributed by atoms with Gasteiger partial charge in [0.25, 0.3) is 0 Å². The number of nitrogens with one attached hydrogen (secondary N) is 1. The Balaban J connectivity index is 1.54. The van der Waals surface area contributed by atoms with Crippen LogP contribution in [0.4, 0.5) is 0 Å². The van der Waals surface area contributed by atoms with Gasteiger partial charge >= 0.3 is 0 Å². The third-order valence-electron chi connectivity index (χ3n) is 6.15. The van der Waals surface area contributed by atoms with Gasteiger partial charge in [0, 0.05) is 43.0 Å². The van der Waals surface area contributed by atoms with Crippen molar-refractivity contribution < 1.29 is 8.42 Å². The Hall–Kier alpha value is -0.980. The normalized spacial score (nSPS) is 26.2. The Bertz CT molecular complexity index is 734. The summed E-state index contributed by atoms with van der Waals surface area (Å²) in [7, 11) is -3.21. The summed E-state index contributed by atoms with van der Waals surface area (Å²) in [5.74, 6) is 0.541. The van der Waals surface area contributed by atoms with Gasteiger partial charge in [-0.1, -0.05) is 12.5 Å². The summed E-state index contributed by atoms with van der Waals surface area (Å²) in [6.45, 7) is 8.78. The van der Waals surface area contributed by atoms with Gasteiger partial charge in [-0.05, 0) is 71.4 Å². The van der Waals surface area contributed by atoms with E-state index in [1.807, 2.05) is 12.3 Å². The minimum Gasteiger partial charge on any atom is -0.311 e. The van der Waals surface area contributed by atoms with Crippen LogP contribution in [0.2, 0.25) is 0 Å². The fraction of sp³-hybridized carbons (Fsp3) is 0.762. The SMILES string of the molecule is Cc1cccnc1C1CCCC(NC2CCN(S(=O)(=O)C(C)(C)C)CC2)C1. The van der Waals surface area contributed by atoms with E-state index >= 15 is 0 Å². The zero-order valence-corrected chi connectivity index (χ0v) is 18.1. The third kappa shape index (κ3) is 4.72. The fourth-order valence-corrected chi connectivity index (χ4v) is 5.96. The van der Waals surface area contributed by atoms with Gasteiger partial charge in [-0.2, -0.15) is 0 Å². The topological polar surface area (TPSA) is 62.3 Å². The van der Waals surface area contributed by atoms with Crippen LogP contribution in [0.3, 0.4) is 0 Å². The van der Waals surface area contributed by atoms with Crippen molar-refractivity contribution in [3.63, 3.8) is 0 Å². The van der Waals surface area contributed by atoms with E-state index in [9.17, 15) is 8.42 Å². The maximum atomic E-state index is 12.6. The molecule has 1 aliphatic heterocycles. The largest absolute Gasteiger partial charge is 0.311 e. The van der Waals surface area contributed by atoms with E-state index in [1.165, 1.54) is 30.5 Å². The number of aromatic nitrogens is 1. The first-order valence-electron chi connectivity index (χ1n) is 10.4. The minimum atomic E-state index is -3.21. The van der Waals surface area contributed by atoms with Gasteiger partial charge in [0.15, 0.2) is 0 Å². The molecule has 6 heteroatoms. The first-order valence-corrected chi connectivity index (χ1v) is 11.8. The fourth-order valence-electron chi connectivity index (χ4n) is 4.50. The number of piperidine rings is 1. The lowest BCUT2D eigenvalue weighted by Gasteiger charge is -2.38. The van der Waals surface area contributed by atoms with Crippen molar-refractivity contribution >= 4 is 10.0 Å². The van der Waals surface area contributed by atoms with Crippen molar-refractivity contribution in [2.45, 2.75) is 89.0 Å². The summed E-state index contributed by atoms with van der Waals surface area (Å²) >= 11 is 0. The lowest BCUT2D eigenvalue weighted by atomic mass is 9.82. The summed E-state index contributed by atoms with van der Waals surface area (Å²) in [6, 6.07) is 5.10. The highest BCUT2D eigenvalue weighted by molar-refractivity contribution is 7.90. The number of aryl methyl sites for hydroxylation is 1. The molecule has 152 valence electrons. The first-order chi connectivity index (χ1) is 12.7. The zero-order valence-electron chi connectivity index (χ0n) is 17.2. The molecule has 2 unspecified atom stereocenters. The molecule has 1 saturated heterocycles. The summed E-state index contributed by atoms with van der Waals surface area (Å²) in [6.07, 6.45) is 8.51. The Morgan fingerprint density at radius 1 is 1.11 bits per heavy atom. The highest BCUT2D eigenvalue weighted by atomic mass is 32.2. The van der Waals surface area contributed by atoms with E-state index in [-0.39, 0.29) is 0 Å². The average molecular weight is 394 g/mol. The molecule has 0 aromatic carbocycles. The van der Waals surface area contributed by atoms with Gasteiger partial charge in [-0.15, -0.1) is 0 Å². The molecule has 3 rings (SSSR count). The summed E-state index contributed by atoms with van der Waals surface area (Å²) in [4.78, 5) is 4.64. The van der Waals surface area contributed by atoms with Crippen LogP contribution < -0.4 is 5.32 Å². The van der Waals surface area contributed by atoms with Gasteiger partial charge in [0.2, 0.25) is 10.0 Å². The lowest BCUT2D eigenvalue weighted by molar-refractivity contribution is 0.241. The van der Waals surface area contributed by atoms with Crippen molar-refractivity contribution in [2.24, 2.45) is 0 Å². The lowest BCUT2D eigenvalue weighted by Crippen LogP contribution is -2.51. The van der Waals surface area contributed by atoms with Crippen LogP contribution in [0.15, 0.2) is 18.3 Å². The van der Waals surface area contributed by atoms with Gasteiger partial charge in [0.05, 0.1) is 4.75 Å². The highest BCUT2D eigenvalue weighted by Gasteiger charge is 2.37. The monoisotopic (exact) mass is 393 g/mol. The van der Waals surface area contributed by atoms with E-state index in [2.05, 4.69) is 23.3 Å². The minimum absolute atomic E-state index is 0.421. The van der Waals surface area contributed by atoms with Gasteiger partial charge in [0.1, 0.15) is 0 Å². The van der Waals surface area contributed by atoms with Gasteiger partial charge in [-0.3, -0.25) is 4.98 Å².